The van der Waals surface area contributed by atoms with Crippen molar-refractivity contribution in [3.8, 4) is 11.4 Å². The average molecular weight is 282 g/mol. The van der Waals surface area contributed by atoms with Gasteiger partial charge in [-0.25, -0.2) is 9.07 Å². The molecule has 106 valence electrons. The van der Waals surface area contributed by atoms with E-state index in [1.165, 1.54) is 0 Å². The first-order valence-electron chi connectivity index (χ1n) is 6.71. The molecule has 0 amide bonds. The van der Waals surface area contributed by atoms with Gasteiger partial charge >= 0.3 is 0 Å². The van der Waals surface area contributed by atoms with E-state index in [4.69, 9.17) is 4.74 Å². The lowest BCUT2D eigenvalue weighted by molar-refractivity contribution is 0.289. The Balaban J connectivity index is 1.72. The fraction of sp³-hybridized carbons (Fsp3) is 0.118. The molecule has 21 heavy (non-hydrogen) atoms. The molecule has 3 nitrogen and oxygen atoms in total. The molecule has 0 aliphatic carbocycles. The van der Waals surface area contributed by atoms with Crippen LogP contribution in [0.25, 0.3) is 5.69 Å². The zero-order valence-corrected chi connectivity index (χ0v) is 11.7. The van der Waals surface area contributed by atoms with Gasteiger partial charge < -0.3 is 4.74 Å². The molecule has 0 atom stereocenters. The van der Waals surface area contributed by atoms with E-state index in [1.54, 1.807) is 36.0 Å². The van der Waals surface area contributed by atoms with Gasteiger partial charge in [0.05, 0.1) is 11.9 Å². The van der Waals surface area contributed by atoms with Crippen LogP contribution in [0.15, 0.2) is 60.9 Å². The van der Waals surface area contributed by atoms with Gasteiger partial charge in [0.2, 0.25) is 0 Å². The zero-order chi connectivity index (χ0) is 14.7. The number of hydrogen-bond acceptors (Lipinski definition) is 2. The van der Waals surface area contributed by atoms with Gasteiger partial charge in [-0.2, -0.15) is 5.10 Å². The molecular formula is C17H15FN2O. The van der Waals surface area contributed by atoms with E-state index in [9.17, 15) is 4.39 Å². The Morgan fingerprint density at radius 1 is 1.10 bits per heavy atom. The highest BCUT2D eigenvalue weighted by Crippen LogP contribution is 2.20. The van der Waals surface area contributed by atoms with Gasteiger partial charge in [-0.3, -0.25) is 0 Å². The van der Waals surface area contributed by atoms with Crippen molar-refractivity contribution in [1.29, 1.82) is 0 Å². The Hall–Kier alpha value is -2.62. The van der Waals surface area contributed by atoms with Crippen molar-refractivity contribution in [2.75, 3.05) is 0 Å². The largest absolute Gasteiger partial charge is 0.486 e. The fourth-order valence-electron chi connectivity index (χ4n) is 2.05. The number of benzene rings is 2. The first kappa shape index (κ1) is 13.4. The minimum atomic E-state index is -0.312. The van der Waals surface area contributed by atoms with Crippen molar-refractivity contribution in [2.24, 2.45) is 0 Å². The third-order valence-corrected chi connectivity index (χ3v) is 3.21. The summed E-state index contributed by atoms with van der Waals surface area (Å²) >= 11 is 0. The quantitative estimate of drug-likeness (QED) is 0.725. The van der Waals surface area contributed by atoms with Crippen LogP contribution in [0.4, 0.5) is 4.39 Å². The SMILES string of the molecule is Cc1cccc(OCc2cnn(-c3ccccc3)c2)c1F. The van der Waals surface area contributed by atoms with Gasteiger partial charge in [-0.05, 0) is 30.7 Å². The van der Waals surface area contributed by atoms with Crippen molar-refractivity contribution in [3.05, 3.63) is 77.9 Å². The van der Waals surface area contributed by atoms with Crippen molar-refractivity contribution < 1.29 is 9.13 Å². The molecule has 0 fully saturated rings. The van der Waals surface area contributed by atoms with Crippen molar-refractivity contribution in [1.82, 2.24) is 9.78 Å². The summed E-state index contributed by atoms with van der Waals surface area (Å²) in [6, 6.07) is 14.9. The lowest BCUT2D eigenvalue weighted by atomic mass is 10.2. The van der Waals surface area contributed by atoms with Crippen LogP contribution in [0, 0.1) is 12.7 Å². The second kappa shape index (κ2) is 5.79. The number of para-hydroxylation sites is 1. The van der Waals surface area contributed by atoms with Crippen molar-refractivity contribution >= 4 is 0 Å². The molecule has 0 saturated carbocycles. The topological polar surface area (TPSA) is 27.1 Å². The maximum atomic E-state index is 13.8. The number of aromatic nitrogens is 2. The van der Waals surface area contributed by atoms with Gasteiger partial charge in [0.15, 0.2) is 11.6 Å². The molecule has 0 aliphatic rings. The summed E-state index contributed by atoms with van der Waals surface area (Å²) < 4.78 is 21.1. The number of halogens is 1. The molecule has 1 aromatic heterocycles. The predicted molar refractivity (Wildman–Crippen MR) is 79.0 cm³/mol. The Labute approximate surface area is 122 Å². The maximum Gasteiger partial charge on any atom is 0.167 e. The molecule has 0 N–H and O–H groups in total. The maximum absolute atomic E-state index is 13.8. The molecule has 3 aromatic rings. The van der Waals surface area contributed by atoms with Crippen molar-refractivity contribution in [2.45, 2.75) is 13.5 Å². The number of rotatable bonds is 4. The molecule has 0 unspecified atom stereocenters. The van der Waals surface area contributed by atoms with Crippen LogP contribution < -0.4 is 4.74 Å². The number of nitrogens with zero attached hydrogens (tertiary/aromatic N) is 2. The number of hydrogen-bond donors (Lipinski definition) is 0. The lowest BCUT2D eigenvalue weighted by Gasteiger charge is -2.07. The first-order valence-corrected chi connectivity index (χ1v) is 6.71. The van der Waals surface area contributed by atoms with Gasteiger partial charge in [0.1, 0.15) is 6.61 Å². The Morgan fingerprint density at radius 2 is 1.90 bits per heavy atom. The monoisotopic (exact) mass is 282 g/mol. The summed E-state index contributed by atoms with van der Waals surface area (Å²) in [7, 11) is 0. The molecule has 0 radical (unpaired) electrons. The second-order valence-electron chi connectivity index (χ2n) is 4.80. The van der Waals surface area contributed by atoms with E-state index < -0.39 is 0 Å². The van der Waals surface area contributed by atoms with Crippen LogP contribution in [0.3, 0.4) is 0 Å². The Kier molecular flexibility index (Phi) is 3.69. The molecule has 2 aromatic carbocycles. The third kappa shape index (κ3) is 2.94. The van der Waals surface area contributed by atoms with Gasteiger partial charge in [0, 0.05) is 11.8 Å². The standard InChI is InChI=1S/C17H15FN2O/c1-13-6-5-9-16(17(13)18)21-12-14-10-19-20(11-14)15-7-3-2-4-8-15/h2-11H,12H2,1H3. The molecule has 0 spiro atoms. The summed E-state index contributed by atoms with van der Waals surface area (Å²) in [6.45, 7) is 2.00. The van der Waals surface area contributed by atoms with E-state index in [2.05, 4.69) is 5.10 Å². The van der Waals surface area contributed by atoms with E-state index in [0.717, 1.165) is 11.3 Å². The molecule has 0 bridgehead atoms. The Morgan fingerprint density at radius 3 is 2.71 bits per heavy atom. The highest BCUT2D eigenvalue weighted by atomic mass is 19.1. The van der Waals surface area contributed by atoms with Gasteiger partial charge in [-0.1, -0.05) is 30.3 Å². The molecule has 4 heteroatoms. The first-order chi connectivity index (χ1) is 10.2. The normalized spacial score (nSPS) is 10.6. The summed E-state index contributed by atoms with van der Waals surface area (Å²) in [5.41, 5.74) is 2.44. The minimum Gasteiger partial charge on any atom is -0.486 e. The minimum absolute atomic E-state index is 0.266. The molecule has 3 rings (SSSR count). The number of aryl methyl sites for hydroxylation is 1. The van der Waals surface area contributed by atoms with Crippen LogP contribution in [-0.2, 0) is 6.61 Å². The van der Waals surface area contributed by atoms with Gasteiger partial charge in [-0.15, -0.1) is 0 Å². The van der Waals surface area contributed by atoms with Crippen LogP contribution in [-0.4, -0.2) is 9.78 Å². The molecule has 1 heterocycles. The fourth-order valence-corrected chi connectivity index (χ4v) is 2.05. The highest BCUT2D eigenvalue weighted by Gasteiger charge is 2.07. The summed E-state index contributed by atoms with van der Waals surface area (Å²) in [4.78, 5) is 0. The molecule has 0 saturated heterocycles. The lowest BCUT2D eigenvalue weighted by Crippen LogP contribution is -1.98. The van der Waals surface area contributed by atoms with E-state index >= 15 is 0 Å². The van der Waals surface area contributed by atoms with E-state index in [-0.39, 0.29) is 18.2 Å². The number of ether oxygens (including phenoxy) is 1. The average Bonchev–Trinajstić information content (AvgIpc) is 2.99. The van der Waals surface area contributed by atoms with Crippen LogP contribution in [0.5, 0.6) is 5.75 Å². The summed E-state index contributed by atoms with van der Waals surface area (Å²) in [5.74, 6) is -0.0459. The summed E-state index contributed by atoms with van der Waals surface area (Å²) in [5, 5.41) is 4.28. The molecule has 0 aliphatic heterocycles. The summed E-state index contributed by atoms with van der Waals surface area (Å²) in [6.07, 6.45) is 3.60. The van der Waals surface area contributed by atoms with Gasteiger partial charge in [0.25, 0.3) is 0 Å². The zero-order valence-electron chi connectivity index (χ0n) is 11.7. The van der Waals surface area contributed by atoms with Crippen LogP contribution in [0.2, 0.25) is 0 Å². The van der Waals surface area contributed by atoms with Crippen molar-refractivity contribution in [3.63, 3.8) is 0 Å². The Bertz CT molecular complexity index is 738. The van der Waals surface area contributed by atoms with E-state index in [0.29, 0.717) is 5.56 Å². The second-order valence-corrected chi connectivity index (χ2v) is 4.80. The highest BCUT2D eigenvalue weighted by molar-refractivity contribution is 5.32. The van der Waals surface area contributed by atoms with E-state index in [1.807, 2.05) is 36.5 Å². The molecular weight excluding hydrogens is 267 g/mol. The van der Waals surface area contributed by atoms with Crippen LogP contribution >= 0.6 is 0 Å². The van der Waals surface area contributed by atoms with Crippen LogP contribution in [0.1, 0.15) is 11.1 Å². The predicted octanol–water partition coefficient (Wildman–Crippen LogP) is 3.90. The smallest absolute Gasteiger partial charge is 0.167 e. The third-order valence-electron chi connectivity index (χ3n) is 3.21.